The van der Waals surface area contributed by atoms with Gasteiger partial charge in [-0.15, -0.1) is 0 Å². The fourth-order valence-corrected chi connectivity index (χ4v) is 3.65. The van der Waals surface area contributed by atoms with E-state index in [1.165, 1.54) is 6.26 Å². The van der Waals surface area contributed by atoms with Crippen LogP contribution in [0.1, 0.15) is 16.0 Å². The molecule has 112 valence electrons. The van der Waals surface area contributed by atoms with Gasteiger partial charge >= 0.3 is 0 Å². The van der Waals surface area contributed by atoms with Gasteiger partial charge in [-0.1, -0.05) is 45.7 Å². The van der Waals surface area contributed by atoms with E-state index in [9.17, 15) is 8.42 Å². The number of halogens is 2. The predicted molar refractivity (Wildman–Crippen MR) is 88.3 cm³/mol. The quantitative estimate of drug-likeness (QED) is 0.735. The van der Waals surface area contributed by atoms with E-state index in [0.717, 1.165) is 11.1 Å². The second-order valence-corrected chi connectivity index (χ2v) is 7.93. The van der Waals surface area contributed by atoms with E-state index < -0.39 is 9.84 Å². The van der Waals surface area contributed by atoms with Gasteiger partial charge in [-0.25, -0.2) is 8.42 Å². The molecule has 0 saturated carbocycles. The van der Waals surface area contributed by atoms with Crippen molar-refractivity contribution in [3.8, 4) is 5.75 Å². The second-order valence-electron chi connectivity index (χ2n) is 4.59. The van der Waals surface area contributed by atoms with Crippen molar-refractivity contribution in [1.82, 2.24) is 0 Å². The van der Waals surface area contributed by atoms with Crippen LogP contribution in [0.15, 0.2) is 47.4 Å². The smallest absolute Gasteiger partial charge is 0.175 e. The van der Waals surface area contributed by atoms with Gasteiger partial charge in [0.25, 0.3) is 0 Å². The van der Waals surface area contributed by atoms with Crippen LogP contribution in [0.25, 0.3) is 0 Å². The fraction of sp³-hybridized carbons (Fsp3) is 0.200. The van der Waals surface area contributed by atoms with Crippen LogP contribution in [0.2, 0.25) is 5.02 Å². The molecule has 6 heteroatoms. The first-order chi connectivity index (χ1) is 9.82. The summed E-state index contributed by atoms with van der Waals surface area (Å²) in [6.07, 6.45) is 1.19. The minimum Gasteiger partial charge on any atom is -0.497 e. The van der Waals surface area contributed by atoms with E-state index in [1.807, 2.05) is 12.1 Å². The summed E-state index contributed by atoms with van der Waals surface area (Å²) in [7, 11) is -1.60. The highest BCUT2D eigenvalue weighted by atomic mass is 79.9. The average Bonchev–Trinajstić information content (AvgIpc) is 2.45. The first-order valence-electron chi connectivity index (χ1n) is 6.10. The molecule has 0 heterocycles. The maximum absolute atomic E-state index is 11.5. The summed E-state index contributed by atoms with van der Waals surface area (Å²) >= 11 is 9.84. The summed E-state index contributed by atoms with van der Waals surface area (Å²) in [5, 5.41) is 0.586. The maximum Gasteiger partial charge on any atom is 0.175 e. The lowest BCUT2D eigenvalue weighted by molar-refractivity contribution is 0.414. The summed E-state index contributed by atoms with van der Waals surface area (Å²) < 4.78 is 28.0. The molecule has 0 amide bonds. The Bertz CT molecular complexity index is 742. The third kappa shape index (κ3) is 3.78. The van der Waals surface area contributed by atoms with Crippen molar-refractivity contribution in [3.05, 3.63) is 58.6 Å². The van der Waals surface area contributed by atoms with Gasteiger partial charge in [0.15, 0.2) is 9.84 Å². The van der Waals surface area contributed by atoms with Gasteiger partial charge in [-0.2, -0.15) is 0 Å². The lowest BCUT2D eigenvalue weighted by Crippen LogP contribution is -1.99. The molecule has 2 aromatic carbocycles. The largest absolute Gasteiger partial charge is 0.497 e. The molecule has 0 aliphatic carbocycles. The zero-order valence-electron chi connectivity index (χ0n) is 11.5. The van der Waals surface area contributed by atoms with E-state index in [1.54, 1.807) is 37.4 Å². The first kappa shape index (κ1) is 16.3. The number of alkyl halides is 1. The van der Waals surface area contributed by atoms with E-state index in [-0.39, 0.29) is 4.83 Å². The van der Waals surface area contributed by atoms with E-state index >= 15 is 0 Å². The standard InChI is InChI=1S/C15H14BrClO3S/c1-20-11-5-8-13(14(17)9-11)15(16)10-3-6-12(7-4-10)21(2,18)19/h3-9,15H,1-2H3. The Morgan fingerprint density at radius 2 is 1.76 bits per heavy atom. The number of methoxy groups -OCH3 is 1. The van der Waals surface area contributed by atoms with Crippen molar-refractivity contribution in [3.63, 3.8) is 0 Å². The van der Waals surface area contributed by atoms with Gasteiger partial charge in [0.1, 0.15) is 5.75 Å². The molecule has 2 aromatic rings. The Morgan fingerprint density at radius 3 is 2.24 bits per heavy atom. The highest BCUT2D eigenvalue weighted by Gasteiger charge is 2.15. The molecule has 0 saturated heterocycles. The minimum atomic E-state index is -3.18. The number of hydrogen-bond acceptors (Lipinski definition) is 3. The maximum atomic E-state index is 11.5. The van der Waals surface area contributed by atoms with Gasteiger partial charge < -0.3 is 4.74 Å². The van der Waals surface area contributed by atoms with Crippen LogP contribution in [0, 0.1) is 0 Å². The third-order valence-electron chi connectivity index (χ3n) is 3.08. The predicted octanol–water partition coefficient (Wildman–Crippen LogP) is 4.24. The van der Waals surface area contributed by atoms with Crippen LogP contribution in [0.4, 0.5) is 0 Å². The van der Waals surface area contributed by atoms with Gasteiger partial charge in [-0.05, 0) is 35.4 Å². The summed E-state index contributed by atoms with van der Waals surface area (Å²) in [6, 6.07) is 12.2. The molecule has 0 aromatic heterocycles. The summed E-state index contributed by atoms with van der Waals surface area (Å²) in [4.78, 5) is 0.177. The molecule has 3 nitrogen and oxygen atoms in total. The Balaban J connectivity index is 2.34. The van der Waals surface area contributed by atoms with Crippen LogP contribution in [0.3, 0.4) is 0 Å². The summed E-state index contributed by atoms with van der Waals surface area (Å²) in [6.45, 7) is 0. The molecule has 0 fully saturated rings. The summed E-state index contributed by atoms with van der Waals surface area (Å²) in [5.41, 5.74) is 1.82. The molecular formula is C15H14BrClO3S. The fourth-order valence-electron chi connectivity index (χ4n) is 1.90. The third-order valence-corrected chi connectivity index (χ3v) is 5.56. The molecule has 2 rings (SSSR count). The zero-order valence-corrected chi connectivity index (χ0v) is 14.7. The average molecular weight is 390 g/mol. The lowest BCUT2D eigenvalue weighted by atomic mass is 10.0. The van der Waals surface area contributed by atoms with Crippen molar-refractivity contribution in [2.45, 2.75) is 9.72 Å². The number of ether oxygens (including phenoxy) is 1. The van der Waals surface area contributed by atoms with Gasteiger partial charge in [0.2, 0.25) is 0 Å². The molecule has 0 radical (unpaired) electrons. The highest BCUT2D eigenvalue weighted by Crippen LogP contribution is 2.37. The highest BCUT2D eigenvalue weighted by molar-refractivity contribution is 9.09. The Labute approximate surface area is 137 Å². The molecule has 0 aliphatic heterocycles. The Hall–Kier alpha value is -1.04. The summed E-state index contributed by atoms with van der Waals surface area (Å²) in [5.74, 6) is 0.691. The van der Waals surface area contributed by atoms with Crippen molar-refractivity contribution in [2.75, 3.05) is 13.4 Å². The molecule has 0 bridgehead atoms. The lowest BCUT2D eigenvalue weighted by Gasteiger charge is -2.14. The SMILES string of the molecule is COc1ccc(C(Br)c2ccc(S(C)(=O)=O)cc2)c(Cl)c1. The van der Waals surface area contributed by atoms with Crippen LogP contribution >= 0.6 is 27.5 Å². The number of sulfone groups is 1. The van der Waals surface area contributed by atoms with E-state index in [0.29, 0.717) is 15.7 Å². The first-order valence-corrected chi connectivity index (χ1v) is 9.29. The van der Waals surface area contributed by atoms with Gasteiger partial charge in [0.05, 0.1) is 16.8 Å². The molecule has 0 N–H and O–H groups in total. The topological polar surface area (TPSA) is 43.4 Å². The molecule has 1 atom stereocenters. The normalized spacial score (nSPS) is 13.0. The van der Waals surface area contributed by atoms with Crippen LogP contribution in [-0.2, 0) is 9.84 Å². The molecule has 0 spiro atoms. The van der Waals surface area contributed by atoms with E-state index in [2.05, 4.69) is 15.9 Å². The molecule has 1 unspecified atom stereocenters. The Kier molecular flexibility index (Phi) is 4.96. The number of hydrogen-bond donors (Lipinski definition) is 0. The minimum absolute atomic E-state index is 0.121. The molecular weight excluding hydrogens is 376 g/mol. The van der Waals surface area contributed by atoms with Gasteiger partial charge in [-0.3, -0.25) is 0 Å². The van der Waals surface area contributed by atoms with Crippen molar-refractivity contribution in [1.29, 1.82) is 0 Å². The molecule has 21 heavy (non-hydrogen) atoms. The monoisotopic (exact) mass is 388 g/mol. The second kappa shape index (κ2) is 6.38. The van der Waals surface area contributed by atoms with Crippen molar-refractivity contribution < 1.29 is 13.2 Å². The van der Waals surface area contributed by atoms with E-state index in [4.69, 9.17) is 16.3 Å². The van der Waals surface area contributed by atoms with Crippen LogP contribution in [-0.4, -0.2) is 21.8 Å². The van der Waals surface area contributed by atoms with Crippen molar-refractivity contribution in [2.24, 2.45) is 0 Å². The van der Waals surface area contributed by atoms with Crippen molar-refractivity contribution >= 4 is 37.4 Å². The zero-order chi connectivity index (χ0) is 15.6. The Morgan fingerprint density at radius 1 is 1.14 bits per heavy atom. The van der Waals surface area contributed by atoms with Gasteiger partial charge in [0, 0.05) is 11.3 Å². The number of rotatable bonds is 4. The molecule has 0 aliphatic rings. The number of benzene rings is 2. The van der Waals surface area contributed by atoms with Crippen LogP contribution < -0.4 is 4.74 Å². The van der Waals surface area contributed by atoms with Crippen LogP contribution in [0.5, 0.6) is 5.75 Å².